The van der Waals surface area contributed by atoms with Crippen LogP contribution >= 0.6 is 23.2 Å². The van der Waals surface area contributed by atoms with Gasteiger partial charge in [-0.05, 0) is 31.2 Å². The highest BCUT2D eigenvalue weighted by molar-refractivity contribution is 6.33. The molecule has 0 heterocycles. The van der Waals surface area contributed by atoms with Crippen LogP contribution in [-0.2, 0) is 0 Å². The molecule has 0 radical (unpaired) electrons. The molecule has 1 rings (SSSR count). The summed E-state index contributed by atoms with van der Waals surface area (Å²) in [4.78, 5) is 0. The van der Waals surface area contributed by atoms with Gasteiger partial charge in [-0.3, -0.25) is 5.32 Å². The Bertz CT molecular complexity index is 371. The fourth-order valence-corrected chi connectivity index (χ4v) is 1.66. The third-order valence-corrected chi connectivity index (χ3v) is 2.58. The molecule has 0 aliphatic rings. The molecule has 0 saturated carbocycles. The van der Waals surface area contributed by atoms with Crippen LogP contribution in [0.5, 0.6) is 0 Å². The van der Waals surface area contributed by atoms with E-state index >= 15 is 0 Å². The molecule has 0 saturated heterocycles. The highest BCUT2D eigenvalue weighted by Crippen LogP contribution is 2.25. The van der Waals surface area contributed by atoms with Crippen LogP contribution in [0.3, 0.4) is 0 Å². The molecule has 15 heavy (non-hydrogen) atoms. The summed E-state index contributed by atoms with van der Waals surface area (Å²) in [6.45, 7) is 2.82. The van der Waals surface area contributed by atoms with Crippen LogP contribution in [0.2, 0.25) is 10.0 Å². The van der Waals surface area contributed by atoms with Crippen LogP contribution in [0.15, 0.2) is 18.2 Å². The molecule has 0 aromatic heterocycles. The van der Waals surface area contributed by atoms with Gasteiger partial charge in [0.2, 0.25) is 0 Å². The van der Waals surface area contributed by atoms with Gasteiger partial charge in [0.15, 0.2) is 0 Å². The minimum atomic E-state index is -0.392. The molecule has 4 heteroatoms. The molecule has 0 fully saturated rings. The van der Waals surface area contributed by atoms with Crippen molar-refractivity contribution in [2.75, 3.05) is 6.54 Å². The van der Waals surface area contributed by atoms with E-state index in [1.54, 1.807) is 18.2 Å². The van der Waals surface area contributed by atoms with E-state index in [-0.39, 0.29) is 0 Å². The van der Waals surface area contributed by atoms with E-state index in [4.69, 9.17) is 28.5 Å². The van der Waals surface area contributed by atoms with Crippen LogP contribution in [-0.4, -0.2) is 6.54 Å². The summed E-state index contributed by atoms with van der Waals surface area (Å²) in [5, 5.41) is 13.3. The van der Waals surface area contributed by atoms with Gasteiger partial charge in [-0.25, -0.2) is 0 Å². The van der Waals surface area contributed by atoms with Gasteiger partial charge < -0.3 is 0 Å². The quantitative estimate of drug-likeness (QED) is 0.877. The van der Waals surface area contributed by atoms with Crippen LogP contribution in [0.25, 0.3) is 0 Å². The fraction of sp³-hybridized carbons (Fsp3) is 0.364. The van der Waals surface area contributed by atoms with E-state index in [9.17, 15) is 0 Å². The molecule has 0 amide bonds. The molecule has 1 unspecified atom stereocenters. The number of hydrogen-bond donors (Lipinski definition) is 1. The molecule has 1 N–H and O–H groups in total. The Balaban J connectivity index is 2.91. The number of nitriles is 1. The first-order valence-electron chi connectivity index (χ1n) is 4.77. The molecule has 80 valence electrons. The molecule has 0 aliphatic heterocycles. The number of nitrogens with one attached hydrogen (secondary N) is 1. The zero-order valence-corrected chi connectivity index (χ0v) is 9.94. The first-order chi connectivity index (χ1) is 7.19. The second kappa shape index (κ2) is 5.97. The molecule has 2 nitrogen and oxygen atoms in total. The highest BCUT2D eigenvalue weighted by atomic mass is 35.5. The van der Waals surface area contributed by atoms with Gasteiger partial charge >= 0.3 is 0 Å². The van der Waals surface area contributed by atoms with Crippen molar-refractivity contribution >= 4 is 23.2 Å². The third-order valence-electron chi connectivity index (χ3n) is 2.00. The van der Waals surface area contributed by atoms with Gasteiger partial charge in [0.1, 0.15) is 6.04 Å². The number of benzene rings is 1. The normalized spacial score (nSPS) is 12.1. The van der Waals surface area contributed by atoms with E-state index in [1.165, 1.54) is 0 Å². The Hall–Kier alpha value is -0.750. The molecule has 1 aromatic carbocycles. The lowest BCUT2D eigenvalue weighted by atomic mass is 10.1. The second-order valence-electron chi connectivity index (χ2n) is 3.18. The summed E-state index contributed by atoms with van der Waals surface area (Å²) in [6.07, 6.45) is 0.969. The van der Waals surface area contributed by atoms with Gasteiger partial charge in [0, 0.05) is 15.6 Å². The predicted molar refractivity (Wildman–Crippen MR) is 63.1 cm³/mol. The van der Waals surface area contributed by atoms with Crippen molar-refractivity contribution in [2.45, 2.75) is 19.4 Å². The minimum Gasteiger partial charge on any atom is -0.298 e. The van der Waals surface area contributed by atoms with Crippen LogP contribution < -0.4 is 5.32 Å². The lowest BCUT2D eigenvalue weighted by Crippen LogP contribution is -2.20. The standard InChI is InChI=1S/C11H12Cl2N2/c1-2-5-15-11(7-14)9-6-8(12)3-4-10(9)13/h3-4,6,11,15H,2,5H2,1H3. The van der Waals surface area contributed by atoms with Gasteiger partial charge in [0.05, 0.1) is 6.07 Å². The molecule has 0 spiro atoms. The molecule has 0 bridgehead atoms. The van der Waals surface area contributed by atoms with E-state index in [1.807, 2.05) is 6.92 Å². The summed E-state index contributed by atoms with van der Waals surface area (Å²) in [6, 6.07) is 6.91. The lowest BCUT2D eigenvalue weighted by Gasteiger charge is -2.12. The summed E-state index contributed by atoms with van der Waals surface area (Å²) >= 11 is 11.9. The molecule has 0 aliphatic carbocycles. The van der Waals surface area contributed by atoms with Crippen molar-refractivity contribution in [2.24, 2.45) is 0 Å². The van der Waals surface area contributed by atoms with Gasteiger partial charge in [-0.2, -0.15) is 5.26 Å². The van der Waals surface area contributed by atoms with Crippen LogP contribution in [0, 0.1) is 11.3 Å². The molecule has 1 aromatic rings. The average molecular weight is 243 g/mol. The SMILES string of the molecule is CCCNC(C#N)c1cc(Cl)ccc1Cl. The maximum absolute atomic E-state index is 9.01. The maximum atomic E-state index is 9.01. The van der Waals surface area contributed by atoms with Crippen molar-refractivity contribution in [1.29, 1.82) is 5.26 Å². The smallest absolute Gasteiger partial charge is 0.122 e. The lowest BCUT2D eigenvalue weighted by molar-refractivity contribution is 0.621. The summed E-state index contributed by atoms with van der Waals surface area (Å²) in [5.41, 5.74) is 0.736. The zero-order valence-electron chi connectivity index (χ0n) is 8.43. The topological polar surface area (TPSA) is 35.8 Å². The number of nitrogens with zero attached hydrogens (tertiary/aromatic N) is 1. The van der Waals surface area contributed by atoms with Crippen molar-refractivity contribution in [1.82, 2.24) is 5.32 Å². The zero-order chi connectivity index (χ0) is 11.3. The van der Waals surface area contributed by atoms with Crippen molar-refractivity contribution < 1.29 is 0 Å². The Morgan fingerprint density at radius 1 is 1.47 bits per heavy atom. The number of rotatable bonds is 4. The number of halogens is 2. The monoisotopic (exact) mass is 242 g/mol. The van der Waals surface area contributed by atoms with Gasteiger partial charge in [0.25, 0.3) is 0 Å². The number of hydrogen-bond acceptors (Lipinski definition) is 2. The fourth-order valence-electron chi connectivity index (χ4n) is 1.25. The van der Waals surface area contributed by atoms with Gasteiger partial charge in [-0.15, -0.1) is 0 Å². The van der Waals surface area contributed by atoms with Crippen LogP contribution in [0.4, 0.5) is 0 Å². The highest BCUT2D eigenvalue weighted by Gasteiger charge is 2.13. The maximum Gasteiger partial charge on any atom is 0.122 e. The summed E-state index contributed by atoms with van der Waals surface area (Å²) < 4.78 is 0. The Morgan fingerprint density at radius 3 is 2.80 bits per heavy atom. The Morgan fingerprint density at radius 2 is 2.20 bits per heavy atom. The van der Waals surface area contributed by atoms with Crippen molar-refractivity contribution in [3.63, 3.8) is 0 Å². The second-order valence-corrected chi connectivity index (χ2v) is 4.03. The van der Waals surface area contributed by atoms with Gasteiger partial charge in [-0.1, -0.05) is 30.1 Å². The van der Waals surface area contributed by atoms with E-state index in [2.05, 4.69) is 11.4 Å². The predicted octanol–water partition coefficient (Wildman–Crippen LogP) is 3.56. The molecular weight excluding hydrogens is 231 g/mol. The first-order valence-corrected chi connectivity index (χ1v) is 5.52. The summed E-state index contributed by atoms with van der Waals surface area (Å²) in [5.74, 6) is 0. The van der Waals surface area contributed by atoms with Crippen LogP contribution in [0.1, 0.15) is 24.9 Å². The first kappa shape index (κ1) is 12.3. The van der Waals surface area contributed by atoms with E-state index in [0.29, 0.717) is 10.0 Å². The molecular formula is C11H12Cl2N2. The molecule has 1 atom stereocenters. The Labute approximate surface area is 99.8 Å². The summed E-state index contributed by atoms with van der Waals surface area (Å²) in [7, 11) is 0. The van der Waals surface area contributed by atoms with Crippen molar-refractivity contribution in [3.05, 3.63) is 33.8 Å². The average Bonchev–Trinajstić information content (AvgIpc) is 2.24. The van der Waals surface area contributed by atoms with E-state index < -0.39 is 6.04 Å². The third kappa shape index (κ3) is 3.39. The Kier molecular flexibility index (Phi) is 4.90. The largest absolute Gasteiger partial charge is 0.298 e. The van der Waals surface area contributed by atoms with E-state index in [0.717, 1.165) is 18.5 Å². The minimum absolute atomic E-state index is 0.392. The van der Waals surface area contributed by atoms with Crippen molar-refractivity contribution in [3.8, 4) is 6.07 Å².